The lowest BCUT2D eigenvalue weighted by Crippen LogP contribution is -2.39. The molecule has 0 N–H and O–H groups in total. The van der Waals surface area contributed by atoms with Crippen molar-refractivity contribution in [3.63, 3.8) is 0 Å². The molecule has 2 aromatic heterocycles. The Bertz CT molecular complexity index is 1210. The first-order chi connectivity index (χ1) is 15.7. The van der Waals surface area contributed by atoms with Gasteiger partial charge in [-0.25, -0.2) is 4.98 Å². The highest BCUT2D eigenvalue weighted by Crippen LogP contribution is 2.31. The Labute approximate surface area is 190 Å². The summed E-state index contributed by atoms with van der Waals surface area (Å²) < 4.78 is 7.15. The largest absolute Gasteiger partial charge is 0.497 e. The Morgan fingerprint density at radius 3 is 2.66 bits per heavy atom. The number of nitrogens with zero attached hydrogens (tertiary/aromatic N) is 5. The van der Waals surface area contributed by atoms with E-state index >= 15 is 0 Å². The van der Waals surface area contributed by atoms with Crippen LogP contribution in [0.25, 0.3) is 11.0 Å². The highest BCUT2D eigenvalue weighted by atomic mass is 32.1. The van der Waals surface area contributed by atoms with Crippen LogP contribution in [0.15, 0.2) is 54.9 Å². The van der Waals surface area contributed by atoms with E-state index in [1.54, 1.807) is 24.8 Å². The van der Waals surface area contributed by atoms with Gasteiger partial charge in [-0.15, -0.1) is 21.5 Å². The van der Waals surface area contributed by atoms with E-state index in [0.717, 1.165) is 59.2 Å². The monoisotopic (exact) mass is 447 g/mol. The van der Waals surface area contributed by atoms with E-state index in [1.165, 1.54) is 5.56 Å². The van der Waals surface area contributed by atoms with E-state index < -0.39 is 0 Å². The molecule has 0 bridgehead atoms. The van der Waals surface area contributed by atoms with Crippen molar-refractivity contribution in [2.75, 3.05) is 20.2 Å². The molecule has 2 aromatic carbocycles. The molecule has 1 saturated heterocycles. The van der Waals surface area contributed by atoms with Crippen LogP contribution in [0.1, 0.15) is 34.3 Å². The molecule has 1 amide bonds. The third kappa shape index (κ3) is 4.36. The molecule has 0 aliphatic carbocycles. The van der Waals surface area contributed by atoms with Gasteiger partial charge in [-0.05, 0) is 42.7 Å². The molecule has 1 aliphatic rings. The van der Waals surface area contributed by atoms with Crippen molar-refractivity contribution in [3.8, 4) is 5.75 Å². The number of para-hydroxylation sites is 2. The van der Waals surface area contributed by atoms with Gasteiger partial charge in [0.15, 0.2) is 0 Å². The second kappa shape index (κ2) is 9.08. The van der Waals surface area contributed by atoms with E-state index in [2.05, 4.69) is 27.3 Å². The summed E-state index contributed by atoms with van der Waals surface area (Å²) in [5.41, 5.74) is 3.11. The molecule has 32 heavy (non-hydrogen) atoms. The molecule has 0 atom stereocenters. The Hall–Kier alpha value is -3.26. The molecule has 164 valence electrons. The lowest BCUT2D eigenvalue weighted by molar-refractivity contribution is -0.132. The second-order valence-electron chi connectivity index (χ2n) is 8.08. The number of rotatable bonds is 6. The number of benzene rings is 2. The molecule has 1 aliphatic heterocycles. The van der Waals surface area contributed by atoms with Crippen molar-refractivity contribution in [2.24, 2.45) is 0 Å². The fourth-order valence-corrected chi connectivity index (χ4v) is 5.22. The second-order valence-corrected chi connectivity index (χ2v) is 9.17. The molecule has 0 radical (unpaired) electrons. The van der Waals surface area contributed by atoms with Crippen LogP contribution in [0.2, 0.25) is 0 Å². The summed E-state index contributed by atoms with van der Waals surface area (Å²) in [5, 5.41) is 11.0. The minimum atomic E-state index is 0.143. The van der Waals surface area contributed by atoms with Crippen molar-refractivity contribution in [1.29, 1.82) is 0 Å². The van der Waals surface area contributed by atoms with Gasteiger partial charge >= 0.3 is 0 Å². The van der Waals surface area contributed by atoms with Gasteiger partial charge in [0.05, 0.1) is 24.5 Å². The van der Waals surface area contributed by atoms with Crippen molar-refractivity contribution < 1.29 is 9.53 Å². The van der Waals surface area contributed by atoms with Gasteiger partial charge in [-0.1, -0.05) is 24.3 Å². The van der Waals surface area contributed by atoms with Gasteiger partial charge in [0, 0.05) is 25.4 Å². The summed E-state index contributed by atoms with van der Waals surface area (Å²) in [7, 11) is 1.67. The molecule has 0 saturated carbocycles. The average Bonchev–Trinajstić information content (AvgIpc) is 3.47. The maximum Gasteiger partial charge on any atom is 0.242 e. The number of carbonyl (C=O) groups is 1. The van der Waals surface area contributed by atoms with Gasteiger partial charge in [-0.3, -0.25) is 4.79 Å². The Kier molecular flexibility index (Phi) is 5.85. The van der Waals surface area contributed by atoms with Crippen LogP contribution < -0.4 is 4.74 Å². The summed E-state index contributed by atoms with van der Waals surface area (Å²) in [4.78, 5) is 19.2. The van der Waals surface area contributed by atoms with Crippen molar-refractivity contribution in [3.05, 3.63) is 70.4 Å². The van der Waals surface area contributed by atoms with Gasteiger partial charge in [0.25, 0.3) is 0 Å². The van der Waals surface area contributed by atoms with E-state index in [9.17, 15) is 4.79 Å². The predicted octanol–water partition coefficient (Wildman–Crippen LogP) is 3.89. The number of carbonyl (C=O) groups excluding carboxylic acids is 1. The number of likely N-dealkylation sites (tertiary alicyclic amines) is 1. The summed E-state index contributed by atoms with van der Waals surface area (Å²) in [6, 6.07) is 16.0. The Morgan fingerprint density at radius 2 is 1.88 bits per heavy atom. The van der Waals surface area contributed by atoms with E-state index in [0.29, 0.717) is 12.5 Å². The van der Waals surface area contributed by atoms with Crippen molar-refractivity contribution in [2.45, 2.75) is 31.7 Å². The lowest BCUT2D eigenvalue weighted by Gasteiger charge is -2.31. The minimum Gasteiger partial charge on any atom is -0.497 e. The quantitative estimate of drug-likeness (QED) is 0.448. The van der Waals surface area contributed by atoms with Gasteiger partial charge in [-0.2, -0.15) is 0 Å². The molecule has 0 spiro atoms. The number of methoxy groups -OCH3 is 1. The summed E-state index contributed by atoms with van der Waals surface area (Å²) in [5.74, 6) is 1.37. The maximum absolute atomic E-state index is 12.8. The summed E-state index contributed by atoms with van der Waals surface area (Å²) >= 11 is 1.69. The van der Waals surface area contributed by atoms with Crippen LogP contribution in [0.5, 0.6) is 5.75 Å². The zero-order valence-electron chi connectivity index (χ0n) is 18.0. The Balaban J connectivity index is 1.16. The first-order valence-electron chi connectivity index (χ1n) is 10.8. The number of hydrogen-bond acceptors (Lipinski definition) is 6. The maximum atomic E-state index is 12.8. The van der Waals surface area contributed by atoms with Crippen molar-refractivity contribution >= 4 is 28.3 Å². The molecular weight excluding hydrogens is 422 g/mol. The fourth-order valence-electron chi connectivity index (χ4n) is 4.18. The summed E-state index contributed by atoms with van der Waals surface area (Å²) in [6.07, 6.45) is 4.37. The smallest absolute Gasteiger partial charge is 0.242 e. The third-order valence-electron chi connectivity index (χ3n) is 6.03. The first kappa shape index (κ1) is 20.6. The number of fused-ring (bicyclic) bond motifs is 1. The van der Waals surface area contributed by atoms with E-state index in [-0.39, 0.29) is 5.91 Å². The zero-order chi connectivity index (χ0) is 21.9. The highest BCUT2D eigenvalue weighted by molar-refractivity contribution is 7.11. The molecule has 8 heteroatoms. The standard InChI is InChI=1S/C24H25N5O2S/c1-31-19-8-6-17(7-9-19)14-22-26-27-24(32-22)18-10-12-28(13-11-18)23(30)15-29-16-25-20-4-2-3-5-21(20)29/h2-9,16,18H,10-15H2,1H3. The molecule has 7 nitrogen and oxygen atoms in total. The zero-order valence-corrected chi connectivity index (χ0v) is 18.8. The highest BCUT2D eigenvalue weighted by Gasteiger charge is 2.26. The Morgan fingerprint density at radius 1 is 1.09 bits per heavy atom. The van der Waals surface area contributed by atoms with Gasteiger partial charge < -0.3 is 14.2 Å². The van der Waals surface area contributed by atoms with Crippen LogP contribution in [-0.4, -0.2) is 50.8 Å². The SMILES string of the molecule is COc1ccc(Cc2nnc(C3CCN(C(=O)Cn4cnc5ccccc54)CC3)s2)cc1. The number of hydrogen-bond donors (Lipinski definition) is 0. The number of imidazole rings is 1. The van der Waals surface area contributed by atoms with Crippen molar-refractivity contribution in [1.82, 2.24) is 24.6 Å². The van der Waals surface area contributed by atoms with Crippen LogP contribution in [0, 0.1) is 0 Å². The van der Waals surface area contributed by atoms with Gasteiger partial charge in [0.2, 0.25) is 5.91 Å². The fraction of sp³-hybridized carbons (Fsp3) is 0.333. The topological polar surface area (TPSA) is 73.1 Å². The normalized spacial score (nSPS) is 14.7. The average molecular weight is 448 g/mol. The molecule has 0 unspecified atom stereocenters. The van der Waals surface area contributed by atoms with Crippen LogP contribution >= 0.6 is 11.3 Å². The minimum absolute atomic E-state index is 0.143. The van der Waals surface area contributed by atoms with Crippen LogP contribution in [0.4, 0.5) is 0 Å². The molecule has 4 aromatic rings. The number of ether oxygens (including phenoxy) is 1. The first-order valence-corrected chi connectivity index (χ1v) is 11.6. The van der Waals surface area contributed by atoms with Crippen LogP contribution in [0.3, 0.4) is 0 Å². The summed E-state index contributed by atoms with van der Waals surface area (Å²) in [6.45, 7) is 1.84. The molecule has 3 heterocycles. The third-order valence-corrected chi connectivity index (χ3v) is 7.11. The number of piperidine rings is 1. The number of aromatic nitrogens is 4. The van der Waals surface area contributed by atoms with Crippen LogP contribution in [-0.2, 0) is 17.8 Å². The molecular formula is C24H25N5O2S. The lowest BCUT2D eigenvalue weighted by atomic mass is 9.97. The molecule has 1 fully saturated rings. The molecule has 5 rings (SSSR count). The van der Waals surface area contributed by atoms with E-state index in [4.69, 9.17) is 4.74 Å². The van der Waals surface area contributed by atoms with E-state index in [1.807, 2.05) is 45.9 Å². The predicted molar refractivity (Wildman–Crippen MR) is 124 cm³/mol. The number of amides is 1. The van der Waals surface area contributed by atoms with Gasteiger partial charge in [0.1, 0.15) is 22.3 Å².